The van der Waals surface area contributed by atoms with E-state index in [-0.39, 0.29) is 0 Å². The van der Waals surface area contributed by atoms with Crippen LogP contribution in [0.5, 0.6) is 0 Å². The molecule has 3 heterocycles. The summed E-state index contributed by atoms with van der Waals surface area (Å²) in [6.07, 6.45) is 3.30. The first-order chi connectivity index (χ1) is 11.0. The van der Waals surface area contributed by atoms with Crippen molar-refractivity contribution in [2.24, 2.45) is 0 Å². The molecule has 0 aliphatic rings. The van der Waals surface area contributed by atoms with Gasteiger partial charge >= 0.3 is 0 Å². The van der Waals surface area contributed by atoms with E-state index in [1.54, 1.807) is 6.20 Å². The highest BCUT2D eigenvalue weighted by molar-refractivity contribution is 5.64. The van der Waals surface area contributed by atoms with Crippen molar-refractivity contribution in [3.63, 3.8) is 0 Å². The van der Waals surface area contributed by atoms with Crippen LogP contribution in [-0.4, -0.2) is 30.1 Å². The molecule has 0 atom stereocenters. The highest BCUT2D eigenvalue weighted by atomic mass is 15.2. The second-order valence-electron chi connectivity index (χ2n) is 5.71. The Kier molecular flexibility index (Phi) is 4.01. The molecule has 0 fully saturated rings. The van der Waals surface area contributed by atoms with E-state index in [0.717, 1.165) is 40.1 Å². The monoisotopic (exact) mass is 309 g/mol. The molecule has 0 amide bonds. The summed E-state index contributed by atoms with van der Waals surface area (Å²) < 4.78 is 0. The van der Waals surface area contributed by atoms with Crippen LogP contribution in [-0.2, 0) is 0 Å². The SMILES string of the molecule is Cc1cc(Nc2cc(C(C)C)c(-c3ncn[nH]3)cn2)nc(C)n1. The Balaban J connectivity index is 1.96. The molecule has 0 aliphatic heterocycles. The van der Waals surface area contributed by atoms with E-state index in [0.29, 0.717) is 5.92 Å². The fourth-order valence-electron chi connectivity index (χ4n) is 2.46. The van der Waals surface area contributed by atoms with Crippen LogP contribution < -0.4 is 5.32 Å². The van der Waals surface area contributed by atoms with Gasteiger partial charge in [-0.25, -0.2) is 19.9 Å². The Hall–Kier alpha value is -2.83. The van der Waals surface area contributed by atoms with Crippen LogP contribution >= 0.6 is 0 Å². The van der Waals surface area contributed by atoms with Crippen molar-refractivity contribution in [2.45, 2.75) is 33.6 Å². The van der Waals surface area contributed by atoms with Crippen LogP contribution in [0.4, 0.5) is 11.6 Å². The third kappa shape index (κ3) is 3.33. The molecule has 2 N–H and O–H groups in total. The molecular formula is C16H19N7. The predicted molar refractivity (Wildman–Crippen MR) is 88.5 cm³/mol. The standard InChI is InChI=1S/C16H19N7/c1-9(2)12-6-14(17-7-13(12)16-18-8-19-23-16)22-15-5-10(3)20-11(4)21-15/h5-9H,1-4H3,(H,18,19,23)(H,17,20,21,22). The minimum atomic E-state index is 0.326. The van der Waals surface area contributed by atoms with Crippen molar-refractivity contribution in [1.29, 1.82) is 0 Å². The average molecular weight is 309 g/mol. The molecule has 0 unspecified atom stereocenters. The van der Waals surface area contributed by atoms with E-state index in [4.69, 9.17) is 0 Å². The summed E-state index contributed by atoms with van der Waals surface area (Å²) in [5.74, 6) is 3.27. The third-order valence-corrected chi connectivity index (χ3v) is 3.45. The Morgan fingerprint density at radius 3 is 2.52 bits per heavy atom. The number of hydrogen-bond donors (Lipinski definition) is 2. The smallest absolute Gasteiger partial charge is 0.157 e. The van der Waals surface area contributed by atoms with E-state index in [9.17, 15) is 0 Å². The van der Waals surface area contributed by atoms with Crippen molar-refractivity contribution in [2.75, 3.05) is 5.32 Å². The molecule has 3 rings (SSSR count). The van der Waals surface area contributed by atoms with Gasteiger partial charge in [-0.15, -0.1) is 0 Å². The highest BCUT2D eigenvalue weighted by Gasteiger charge is 2.13. The van der Waals surface area contributed by atoms with Crippen molar-refractivity contribution in [3.8, 4) is 11.4 Å². The lowest BCUT2D eigenvalue weighted by molar-refractivity contribution is 0.863. The van der Waals surface area contributed by atoms with Gasteiger partial charge in [-0.05, 0) is 31.4 Å². The lowest BCUT2D eigenvalue weighted by Crippen LogP contribution is -2.02. The third-order valence-electron chi connectivity index (χ3n) is 3.45. The Labute approximate surface area is 134 Å². The normalized spacial score (nSPS) is 11.0. The van der Waals surface area contributed by atoms with Crippen molar-refractivity contribution in [1.82, 2.24) is 30.1 Å². The maximum atomic E-state index is 4.47. The van der Waals surface area contributed by atoms with Crippen LogP contribution in [0.2, 0.25) is 0 Å². The number of aryl methyl sites for hydroxylation is 2. The largest absolute Gasteiger partial charge is 0.325 e. The van der Waals surface area contributed by atoms with Gasteiger partial charge in [0.15, 0.2) is 5.82 Å². The molecule has 0 saturated carbocycles. The molecule has 7 heteroatoms. The van der Waals surface area contributed by atoms with Crippen LogP contribution in [0.1, 0.15) is 36.8 Å². The first-order valence-corrected chi connectivity index (χ1v) is 7.48. The lowest BCUT2D eigenvalue weighted by Gasteiger charge is -2.13. The quantitative estimate of drug-likeness (QED) is 0.769. The van der Waals surface area contributed by atoms with Crippen molar-refractivity contribution < 1.29 is 0 Å². The van der Waals surface area contributed by atoms with Gasteiger partial charge in [0.2, 0.25) is 0 Å². The van der Waals surface area contributed by atoms with Gasteiger partial charge in [0.25, 0.3) is 0 Å². The number of hydrogen-bond acceptors (Lipinski definition) is 6. The summed E-state index contributed by atoms with van der Waals surface area (Å²) in [7, 11) is 0. The van der Waals surface area contributed by atoms with Gasteiger partial charge in [0.1, 0.15) is 23.8 Å². The van der Waals surface area contributed by atoms with E-state index in [2.05, 4.69) is 49.3 Å². The number of rotatable bonds is 4. The predicted octanol–water partition coefficient (Wildman–Crippen LogP) is 3.14. The number of H-pyrrole nitrogens is 1. The highest BCUT2D eigenvalue weighted by Crippen LogP contribution is 2.28. The van der Waals surface area contributed by atoms with E-state index in [1.165, 1.54) is 6.33 Å². The van der Waals surface area contributed by atoms with Crippen LogP contribution in [0.3, 0.4) is 0 Å². The van der Waals surface area contributed by atoms with Crippen molar-refractivity contribution in [3.05, 3.63) is 41.7 Å². The Bertz CT molecular complexity index is 789. The maximum absolute atomic E-state index is 4.47. The summed E-state index contributed by atoms with van der Waals surface area (Å²) in [6.45, 7) is 8.09. The first kappa shape index (κ1) is 15.1. The minimum absolute atomic E-state index is 0.326. The molecule has 0 aromatic carbocycles. The Morgan fingerprint density at radius 2 is 1.87 bits per heavy atom. The minimum Gasteiger partial charge on any atom is -0.325 e. The van der Waals surface area contributed by atoms with Gasteiger partial charge in [-0.2, -0.15) is 5.10 Å². The zero-order chi connectivity index (χ0) is 16.4. The molecule has 23 heavy (non-hydrogen) atoms. The summed E-state index contributed by atoms with van der Waals surface area (Å²) in [6, 6.07) is 3.92. The average Bonchev–Trinajstić information content (AvgIpc) is 3.00. The number of nitrogens with zero attached hydrogens (tertiary/aromatic N) is 5. The lowest BCUT2D eigenvalue weighted by atomic mass is 9.98. The summed E-state index contributed by atoms with van der Waals surface area (Å²) in [5, 5.41) is 10.0. The summed E-state index contributed by atoms with van der Waals surface area (Å²) >= 11 is 0. The van der Waals surface area contributed by atoms with Crippen LogP contribution in [0.25, 0.3) is 11.4 Å². The van der Waals surface area contributed by atoms with E-state index in [1.807, 2.05) is 26.0 Å². The molecule has 0 radical (unpaired) electrons. The zero-order valence-electron chi connectivity index (χ0n) is 13.6. The fourth-order valence-corrected chi connectivity index (χ4v) is 2.46. The van der Waals surface area contributed by atoms with Crippen molar-refractivity contribution >= 4 is 11.6 Å². The van der Waals surface area contributed by atoms with Gasteiger partial charge in [-0.1, -0.05) is 13.8 Å². The first-order valence-electron chi connectivity index (χ1n) is 7.48. The number of aromatic nitrogens is 6. The fraction of sp³-hybridized carbons (Fsp3) is 0.312. The number of pyridine rings is 1. The molecule has 0 bridgehead atoms. The topological polar surface area (TPSA) is 92.3 Å². The van der Waals surface area contributed by atoms with E-state index < -0.39 is 0 Å². The molecular weight excluding hydrogens is 290 g/mol. The Morgan fingerprint density at radius 1 is 1.04 bits per heavy atom. The summed E-state index contributed by atoms with van der Waals surface area (Å²) in [4.78, 5) is 17.4. The van der Waals surface area contributed by atoms with Gasteiger partial charge in [-0.3, -0.25) is 5.10 Å². The second kappa shape index (κ2) is 6.12. The summed E-state index contributed by atoms with van der Waals surface area (Å²) in [5.41, 5.74) is 3.02. The molecule has 0 aliphatic carbocycles. The number of nitrogens with one attached hydrogen (secondary N) is 2. The molecule has 3 aromatic heterocycles. The zero-order valence-corrected chi connectivity index (χ0v) is 13.6. The number of anilines is 2. The van der Waals surface area contributed by atoms with Gasteiger partial charge in [0.05, 0.1) is 0 Å². The second-order valence-corrected chi connectivity index (χ2v) is 5.71. The van der Waals surface area contributed by atoms with Crippen LogP contribution in [0, 0.1) is 13.8 Å². The number of aromatic amines is 1. The maximum Gasteiger partial charge on any atom is 0.157 e. The van der Waals surface area contributed by atoms with Gasteiger partial charge in [0, 0.05) is 23.5 Å². The molecule has 0 spiro atoms. The van der Waals surface area contributed by atoms with E-state index >= 15 is 0 Å². The van der Waals surface area contributed by atoms with Gasteiger partial charge < -0.3 is 5.32 Å². The van der Waals surface area contributed by atoms with Crippen LogP contribution in [0.15, 0.2) is 24.7 Å². The molecule has 3 aromatic rings. The molecule has 118 valence electrons. The molecule has 7 nitrogen and oxygen atoms in total. The molecule has 0 saturated heterocycles.